The molecular weight excluding hydrogens is 148 g/mol. The van der Waals surface area contributed by atoms with E-state index in [0.717, 1.165) is 18.8 Å². The highest BCUT2D eigenvalue weighted by Crippen LogP contribution is 2.18. The minimum absolute atomic E-state index is 0.583. The van der Waals surface area contributed by atoms with E-state index in [1.54, 1.807) is 6.08 Å². The number of nitrogens with zero attached hydrogens (tertiary/aromatic N) is 1. The van der Waals surface area contributed by atoms with Crippen molar-refractivity contribution in [2.24, 2.45) is 10.9 Å². The normalized spacial score (nSPS) is 25.1. The van der Waals surface area contributed by atoms with Gasteiger partial charge in [-0.2, -0.15) is 0 Å². The summed E-state index contributed by atoms with van der Waals surface area (Å²) in [5, 5.41) is 3.32. The fourth-order valence-electron chi connectivity index (χ4n) is 1.46. The standard InChI is InChI=1S/C10H16N2/c1-3-5-10(12-4-2)9-6-7-11-8-9/h3-5,9,11H,1,6-8H2,2H3/b10-5-,12-4?. The van der Waals surface area contributed by atoms with Gasteiger partial charge in [0.2, 0.25) is 0 Å². The second-order valence-corrected chi connectivity index (χ2v) is 2.90. The Balaban J connectivity index is 2.63. The van der Waals surface area contributed by atoms with Crippen LogP contribution in [0.1, 0.15) is 13.3 Å². The molecule has 1 N–H and O–H groups in total. The summed E-state index contributed by atoms with van der Waals surface area (Å²) in [5.74, 6) is 0.583. The van der Waals surface area contributed by atoms with Crippen LogP contribution >= 0.6 is 0 Å². The lowest BCUT2D eigenvalue weighted by Gasteiger charge is -2.07. The van der Waals surface area contributed by atoms with Crippen LogP contribution in [0.25, 0.3) is 0 Å². The van der Waals surface area contributed by atoms with Crippen LogP contribution in [0.4, 0.5) is 0 Å². The van der Waals surface area contributed by atoms with Crippen LogP contribution in [0.5, 0.6) is 0 Å². The van der Waals surface area contributed by atoms with Gasteiger partial charge in [-0.3, -0.25) is 4.99 Å². The Labute approximate surface area is 74.1 Å². The molecule has 1 rings (SSSR count). The van der Waals surface area contributed by atoms with Crippen LogP contribution in [0.15, 0.2) is 29.4 Å². The molecule has 0 radical (unpaired) electrons. The molecule has 1 heterocycles. The van der Waals surface area contributed by atoms with E-state index in [1.165, 1.54) is 6.42 Å². The zero-order chi connectivity index (χ0) is 8.81. The molecule has 12 heavy (non-hydrogen) atoms. The van der Waals surface area contributed by atoms with E-state index >= 15 is 0 Å². The minimum Gasteiger partial charge on any atom is -0.316 e. The van der Waals surface area contributed by atoms with E-state index in [4.69, 9.17) is 0 Å². The van der Waals surface area contributed by atoms with Gasteiger partial charge < -0.3 is 5.32 Å². The van der Waals surface area contributed by atoms with Crippen molar-refractivity contribution < 1.29 is 0 Å². The van der Waals surface area contributed by atoms with Crippen LogP contribution < -0.4 is 5.32 Å². The summed E-state index contributed by atoms with van der Waals surface area (Å²) in [7, 11) is 0. The van der Waals surface area contributed by atoms with Crippen molar-refractivity contribution >= 4 is 6.21 Å². The van der Waals surface area contributed by atoms with Crippen LogP contribution in [0.3, 0.4) is 0 Å². The molecule has 1 aliphatic heterocycles. The maximum absolute atomic E-state index is 4.32. The SMILES string of the molecule is C=C/C=C(\N=CC)C1CCNC1. The second-order valence-electron chi connectivity index (χ2n) is 2.90. The van der Waals surface area contributed by atoms with Gasteiger partial charge in [0, 0.05) is 24.4 Å². The molecule has 2 nitrogen and oxygen atoms in total. The van der Waals surface area contributed by atoms with E-state index in [1.807, 2.05) is 19.2 Å². The first kappa shape index (κ1) is 9.20. The first-order chi connectivity index (χ1) is 5.88. The maximum atomic E-state index is 4.32. The molecule has 0 spiro atoms. The number of aliphatic imine (C=N–C) groups is 1. The highest BCUT2D eigenvalue weighted by atomic mass is 14.9. The molecule has 0 amide bonds. The predicted octanol–water partition coefficient (Wildman–Crippen LogP) is 1.76. The van der Waals surface area contributed by atoms with E-state index < -0.39 is 0 Å². The average Bonchev–Trinajstić information content (AvgIpc) is 2.56. The molecule has 1 aliphatic rings. The zero-order valence-corrected chi connectivity index (χ0v) is 7.59. The molecule has 1 atom stereocenters. The molecule has 0 aromatic rings. The van der Waals surface area contributed by atoms with Gasteiger partial charge in [0.05, 0.1) is 0 Å². The zero-order valence-electron chi connectivity index (χ0n) is 7.59. The lowest BCUT2D eigenvalue weighted by atomic mass is 10.0. The Kier molecular flexibility index (Phi) is 3.74. The van der Waals surface area contributed by atoms with E-state index in [0.29, 0.717) is 5.92 Å². The Hall–Kier alpha value is -0.890. The van der Waals surface area contributed by atoms with Gasteiger partial charge in [-0.05, 0) is 26.0 Å². The van der Waals surface area contributed by atoms with Gasteiger partial charge in [-0.25, -0.2) is 0 Å². The number of hydrogen-bond donors (Lipinski definition) is 1. The lowest BCUT2D eigenvalue weighted by molar-refractivity contribution is 0.674. The third-order valence-corrected chi connectivity index (χ3v) is 2.05. The van der Waals surface area contributed by atoms with E-state index in [-0.39, 0.29) is 0 Å². The highest BCUT2D eigenvalue weighted by molar-refractivity contribution is 5.55. The fourth-order valence-corrected chi connectivity index (χ4v) is 1.46. The van der Waals surface area contributed by atoms with Crippen molar-refractivity contribution in [3.63, 3.8) is 0 Å². The topological polar surface area (TPSA) is 24.4 Å². The molecule has 0 aliphatic carbocycles. The summed E-state index contributed by atoms with van der Waals surface area (Å²) in [6.07, 6.45) is 6.84. The molecular formula is C10H16N2. The molecule has 0 saturated carbocycles. The molecule has 1 fully saturated rings. The van der Waals surface area contributed by atoms with Gasteiger partial charge in [0.15, 0.2) is 0 Å². The van der Waals surface area contributed by atoms with Crippen molar-refractivity contribution in [1.29, 1.82) is 0 Å². The second kappa shape index (κ2) is 4.88. The van der Waals surface area contributed by atoms with Crippen molar-refractivity contribution in [2.45, 2.75) is 13.3 Å². The van der Waals surface area contributed by atoms with Gasteiger partial charge in [-0.15, -0.1) is 0 Å². The van der Waals surface area contributed by atoms with Crippen LogP contribution in [-0.4, -0.2) is 19.3 Å². The van der Waals surface area contributed by atoms with E-state index in [9.17, 15) is 0 Å². The van der Waals surface area contributed by atoms with Crippen molar-refractivity contribution in [3.8, 4) is 0 Å². The third kappa shape index (κ3) is 2.31. The predicted molar refractivity (Wildman–Crippen MR) is 53.4 cm³/mol. The van der Waals surface area contributed by atoms with Gasteiger partial charge >= 0.3 is 0 Å². The monoisotopic (exact) mass is 164 g/mol. The van der Waals surface area contributed by atoms with Gasteiger partial charge in [0.1, 0.15) is 0 Å². The number of allylic oxidation sites excluding steroid dienone is 2. The maximum Gasteiger partial charge on any atom is 0.0443 e. The first-order valence-electron chi connectivity index (χ1n) is 4.40. The molecule has 1 saturated heterocycles. The highest BCUT2D eigenvalue weighted by Gasteiger charge is 2.17. The average molecular weight is 164 g/mol. The van der Waals surface area contributed by atoms with Gasteiger partial charge in [0.25, 0.3) is 0 Å². The summed E-state index contributed by atoms with van der Waals surface area (Å²) in [6, 6.07) is 0. The molecule has 0 aromatic heterocycles. The van der Waals surface area contributed by atoms with Crippen molar-refractivity contribution in [2.75, 3.05) is 13.1 Å². The Morgan fingerprint density at radius 3 is 3.00 bits per heavy atom. The smallest absolute Gasteiger partial charge is 0.0443 e. The molecule has 1 unspecified atom stereocenters. The Morgan fingerprint density at radius 2 is 2.50 bits per heavy atom. The summed E-state index contributed by atoms with van der Waals surface area (Å²) in [4.78, 5) is 4.32. The van der Waals surface area contributed by atoms with Crippen molar-refractivity contribution in [3.05, 3.63) is 24.4 Å². The molecule has 0 bridgehead atoms. The minimum atomic E-state index is 0.583. The van der Waals surface area contributed by atoms with Crippen molar-refractivity contribution in [1.82, 2.24) is 5.32 Å². The van der Waals surface area contributed by atoms with Crippen LogP contribution in [0, 0.1) is 5.92 Å². The Morgan fingerprint density at radius 1 is 1.67 bits per heavy atom. The summed E-state index contributed by atoms with van der Waals surface area (Å²) >= 11 is 0. The third-order valence-electron chi connectivity index (χ3n) is 2.05. The van der Waals surface area contributed by atoms with Crippen LogP contribution in [0.2, 0.25) is 0 Å². The summed E-state index contributed by atoms with van der Waals surface area (Å²) in [6.45, 7) is 7.79. The number of hydrogen-bond acceptors (Lipinski definition) is 2. The number of nitrogens with one attached hydrogen (secondary N) is 1. The Bertz CT molecular complexity index is 198. The molecule has 0 aromatic carbocycles. The fraction of sp³-hybridized carbons (Fsp3) is 0.500. The van der Waals surface area contributed by atoms with Crippen LogP contribution in [-0.2, 0) is 0 Å². The quantitative estimate of drug-likeness (QED) is 0.499. The first-order valence-corrected chi connectivity index (χ1v) is 4.40. The molecule has 66 valence electrons. The van der Waals surface area contributed by atoms with E-state index in [2.05, 4.69) is 16.9 Å². The molecule has 2 heteroatoms. The summed E-state index contributed by atoms with van der Waals surface area (Å²) in [5.41, 5.74) is 1.15. The number of rotatable bonds is 3. The summed E-state index contributed by atoms with van der Waals surface area (Å²) < 4.78 is 0. The lowest BCUT2D eigenvalue weighted by Crippen LogP contribution is -2.09. The van der Waals surface area contributed by atoms with Gasteiger partial charge in [-0.1, -0.05) is 12.7 Å². The largest absolute Gasteiger partial charge is 0.316 e.